The van der Waals surface area contributed by atoms with Crippen LogP contribution in [0.1, 0.15) is 0 Å². The van der Waals surface area contributed by atoms with Crippen LogP contribution in [0.3, 0.4) is 0 Å². The maximum atomic E-state index is 12.8. The van der Waals surface area contributed by atoms with E-state index in [1.807, 2.05) is 18.2 Å². The molecule has 0 amide bonds. The van der Waals surface area contributed by atoms with Crippen LogP contribution in [0.15, 0.2) is 47.4 Å². The number of piperazine rings is 1. The molecule has 0 radical (unpaired) electrons. The Morgan fingerprint density at radius 3 is 2.31 bits per heavy atom. The summed E-state index contributed by atoms with van der Waals surface area (Å²) in [6.45, 7) is 2.35. The lowest BCUT2D eigenvalue weighted by atomic mass is 10.2. The molecule has 1 saturated heterocycles. The molecule has 0 aliphatic carbocycles. The van der Waals surface area contributed by atoms with E-state index in [9.17, 15) is 8.42 Å². The number of sulfonamides is 1. The van der Waals surface area contributed by atoms with Crippen LogP contribution in [0.25, 0.3) is 0 Å². The number of nitrogens with zero attached hydrogens (tertiary/aromatic N) is 2. The minimum atomic E-state index is -3.50. The first-order chi connectivity index (χ1) is 12.6. The second kappa shape index (κ2) is 6.69. The number of hydrogen-bond acceptors (Lipinski definition) is 6. The molecule has 0 bridgehead atoms. The molecule has 0 spiro atoms. The second-order valence-corrected chi connectivity index (χ2v) is 8.04. The van der Waals surface area contributed by atoms with E-state index in [0.717, 1.165) is 17.2 Å². The van der Waals surface area contributed by atoms with Crippen molar-refractivity contribution in [1.29, 1.82) is 0 Å². The number of benzene rings is 2. The molecule has 0 aromatic heterocycles. The molecular weight excluding hydrogens is 356 g/mol. The number of rotatable bonds is 4. The molecule has 0 saturated carbocycles. The number of anilines is 1. The van der Waals surface area contributed by atoms with Crippen LogP contribution >= 0.6 is 0 Å². The van der Waals surface area contributed by atoms with Gasteiger partial charge in [0.1, 0.15) is 5.75 Å². The largest absolute Gasteiger partial charge is 0.497 e. The topological polar surface area (TPSA) is 68.3 Å². The Hall–Kier alpha value is -2.45. The van der Waals surface area contributed by atoms with Crippen molar-refractivity contribution >= 4 is 15.7 Å². The predicted molar refractivity (Wildman–Crippen MR) is 96.5 cm³/mol. The summed E-state index contributed by atoms with van der Waals surface area (Å²) in [5, 5.41) is 0. The maximum Gasteiger partial charge on any atom is 0.243 e. The van der Waals surface area contributed by atoms with Crippen LogP contribution in [-0.2, 0) is 10.0 Å². The van der Waals surface area contributed by atoms with E-state index in [1.165, 1.54) is 4.31 Å². The highest BCUT2D eigenvalue weighted by molar-refractivity contribution is 7.89. The fourth-order valence-corrected chi connectivity index (χ4v) is 4.59. The summed E-state index contributed by atoms with van der Waals surface area (Å²) in [6.07, 6.45) is 0. The average molecular weight is 376 g/mol. The second-order valence-electron chi connectivity index (χ2n) is 6.10. The van der Waals surface area contributed by atoms with Gasteiger partial charge in [0.05, 0.1) is 12.0 Å². The van der Waals surface area contributed by atoms with Gasteiger partial charge in [-0.15, -0.1) is 0 Å². The van der Waals surface area contributed by atoms with E-state index in [4.69, 9.17) is 14.2 Å². The first-order valence-electron chi connectivity index (χ1n) is 8.37. The maximum absolute atomic E-state index is 12.8. The third-order valence-corrected chi connectivity index (χ3v) is 6.57. The Balaban J connectivity index is 1.45. The van der Waals surface area contributed by atoms with Crippen LogP contribution in [0, 0.1) is 0 Å². The summed E-state index contributed by atoms with van der Waals surface area (Å²) in [7, 11) is -1.94. The van der Waals surface area contributed by atoms with Crippen LogP contribution in [0.5, 0.6) is 17.2 Å². The first kappa shape index (κ1) is 17.0. The minimum absolute atomic E-state index is 0.243. The van der Waals surface area contributed by atoms with Crippen molar-refractivity contribution in [3.63, 3.8) is 0 Å². The lowest BCUT2D eigenvalue weighted by molar-refractivity contribution is 0.174. The number of fused-ring (bicyclic) bond motifs is 1. The van der Waals surface area contributed by atoms with Crippen molar-refractivity contribution in [2.24, 2.45) is 0 Å². The van der Waals surface area contributed by atoms with Crippen LogP contribution in [0.4, 0.5) is 5.69 Å². The lowest BCUT2D eigenvalue weighted by Gasteiger charge is -2.35. The molecule has 1 fully saturated rings. The molecule has 0 atom stereocenters. The van der Waals surface area contributed by atoms with Crippen molar-refractivity contribution in [2.75, 3.05) is 45.0 Å². The minimum Gasteiger partial charge on any atom is -0.497 e. The van der Waals surface area contributed by atoms with E-state index in [2.05, 4.69) is 4.90 Å². The molecule has 0 N–H and O–H groups in total. The zero-order chi connectivity index (χ0) is 18.1. The standard InChI is InChI=1S/C18H20N2O5S/c1-23-15-3-5-16(6-4-15)26(21,22)20-10-8-19(9-11-20)14-2-7-17-18(12-14)25-13-24-17/h2-7,12H,8-11,13H2,1H3. The Bertz CT molecular complexity index is 890. The summed E-state index contributed by atoms with van der Waals surface area (Å²) in [5.74, 6) is 2.11. The van der Waals surface area contributed by atoms with E-state index in [-0.39, 0.29) is 11.7 Å². The third kappa shape index (κ3) is 3.06. The van der Waals surface area contributed by atoms with Gasteiger partial charge >= 0.3 is 0 Å². The molecule has 8 heteroatoms. The van der Waals surface area contributed by atoms with Crippen molar-refractivity contribution in [3.05, 3.63) is 42.5 Å². The molecule has 2 aromatic carbocycles. The van der Waals surface area contributed by atoms with Gasteiger partial charge < -0.3 is 19.1 Å². The van der Waals surface area contributed by atoms with Gasteiger partial charge in [0.15, 0.2) is 11.5 Å². The highest BCUT2D eigenvalue weighted by atomic mass is 32.2. The Morgan fingerprint density at radius 1 is 0.923 bits per heavy atom. The van der Waals surface area contributed by atoms with E-state index >= 15 is 0 Å². The fourth-order valence-electron chi connectivity index (χ4n) is 3.17. The average Bonchev–Trinajstić information content (AvgIpc) is 3.16. The quantitative estimate of drug-likeness (QED) is 0.812. The van der Waals surface area contributed by atoms with Crippen molar-refractivity contribution in [2.45, 2.75) is 4.90 Å². The zero-order valence-electron chi connectivity index (χ0n) is 14.4. The summed E-state index contributed by atoms with van der Waals surface area (Å²) < 4.78 is 43.0. The van der Waals surface area contributed by atoms with E-state index in [1.54, 1.807) is 31.4 Å². The number of hydrogen-bond donors (Lipinski definition) is 0. The Kier molecular flexibility index (Phi) is 4.37. The number of ether oxygens (including phenoxy) is 3. The van der Waals surface area contributed by atoms with Gasteiger partial charge in [0, 0.05) is 37.9 Å². The summed E-state index contributed by atoms with van der Waals surface area (Å²) in [4.78, 5) is 2.44. The van der Waals surface area contributed by atoms with Gasteiger partial charge in [-0.25, -0.2) is 8.42 Å². The van der Waals surface area contributed by atoms with Crippen LogP contribution in [0.2, 0.25) is 0 Å². The summed E-state index contributed by atoms with van der Waals surface area (Å²) in [6, 6.07) is 12.3. The summed E-state index contributed by atoms with van der Waals surface area (Å²) in [5.41, 5.74) is 1.01. The molecule has 138 valence electrons. The number of methoxy groups -OCH3 is 1. The van der Waals surface area contributed by atoms with E-state index in [0.29, 0.717) is 31.9 Å². The molecule has 2 aromatic rings. The molecule has 2 heterocycles. The monoisotopic (exact) mass is 376 g/mol. The SMILES string of the molecule is COc1ccc(S(=O)(=O)N2CCN(c3ccc4c(c3)OCO4)CC2)cc1. The first-order valence-corrected chi connectivity index (χ1v) is 9.81. The Labute approximate surface area is 152 Å². The highest BCUT2D eigenvalue weighted by Gasteiger charge is 2.29. The molecule has 2 aliphatic heterocycles. The van der Waals surface area contributed by atoms with Gasteiger partial charge in [-0.2, -0.15) is 4.31 Å². The van der Waals surface area contributed by atoms with Crippen molar-refractivity contribution in [3.8, 4) is 17.2 Å². The van der Waals surface area contributed by atoms with Crippen LogP contribution < -0.4 is 19.1 Å². The molecule has 4 rings (SSSR count). The van der Waals surface area contributed by atoms with Gasteiger partial charge in [-0.05, 0) is 36.4 Å². The van der Waals surface area contributed by atoms with Gasteiger partial charge in [0.2, 0.25) is 16.8 Å². The van der Waals surface area contributed by atoms with Gasteiger partial charge in [-0.1, -0.05) is 0 Å². The van der Waals surface area contributed by atoms with Gasteiger partial charge in [-0.3, -0.25) is 0 Å². The normalized spacial score (nSPS) is 17.3. The molecular formula is C18H20N2O5S. The smallest absolute Gasteiger partial charge is 0.243 e. The molecule has 2 aliphatic rings. The van der Waals surface area contributed by atoms with E-state index < -0.39 is 10.0 Å². The zero-order valence-corrected chi connectivity index (χ0v) is 15.2. The lowest BCUT2D eigenvalue weighted by Crippen LogP contribution is -2.48. The van der Waals surface area contributed by atoms with Crippen LogP contribution in [-0.4, -0.2) is 52.8 Å². The van der Waals surface area contributed by atoms with Crippen molar-refractivity contribution in [1.82, 2.24) is 4.31 Å². The highest BCUT2D eigenvalue weighted by Crippen LogP contribution is 2.35. The third-order valence-electron chi connectivity index (χ3n) is 4.66. The summed E-state index contributed by atoms with van der Waals surface area (Å²) >= 11 is 0. The predicted octanol–water partition coefficient (Wildman–Crippen LogP) is 1.93. The van der Waals surface area contributed by atoms with Crippen molar-refractivity contribution < 1.29 is 22.6 Å². The van der Waals surface area contributed by atoms with Gasteiger partial charge in [0.25, 0.3) is 0 Å². The fraction of sp³-hybridized carbons (Fsp3) is 0.333. The Morgan fingerprint density at radius 2 is 1.62 bits per heavy atom. The molecule has 7 nitrogen and oxygen atoms in total. The molecule has 26 heavy (non-hydrogen) atoms. The molecule has 0 unspecified atom stereocenters.